The van der Waals surface area contributed by atoms with E-state index in [1.54, 1.807) is 31.4 Å². The molecule has 1 aromatic heterocycles. The third-order valence-electron chi connectivity index (χ3n) is 6.27. The van der Waals surface area contributed by atoms with E-state index in [1.807, 2.05) is 65.6 Å². The lowest BCUT2D eigenvalue weighted by Gasteiger charge is -2.26. The highest BCUT2D eigenvalue weighted by Gasteiger charge is 2.25. The fraction of sp³-hybridized carbons (Fsp3) is 0.200. The number of hydrogen-bond donors (Lipinski definition) is 1. The summed E-state index contributed by atoms with van der Waals surface area (Å²) >= 11 is 0. The van der Waals surface area contributed by atoms with Crippen LogP contribution < -0.4 is 10.1 Å². The van der Waals surface area contributed by atoms with E-state index in [0.29, 0.717) is 43.1 Å². The molecule has 1 N–H and O–H groups in total. The molecule has 1 aliphatic rings. The third kappa shape index (κ3) is 5.90. The van der Waals surface area contributed by atoms with Gasteiger partial charge in [-0.25, -0.2) is 0 Å². The van der Waals surface area contributed by atoms with E-state index in [0.717, 1.165) is 28.2 Å². The number of carbonyl (C=O) groups is 2. The van der Waals surface area contributed by atoms with Crippen molar-refractivity contribution in [1.29, 1.82) is 0 Å². The number of furan rings is 1. The molecule has 0 saturated carbocycles. The lowest BCUT2D eigenvalue weighted by molar-refractivity contribution is -0.121. The van der Waals surface area contributed by atoms with Gasteiger partial charge in [-0.3, -0.25) is 9.59 Å². The number of carbonyl (C=O) groups excluding carboxylic acids is 2. The minimum absolute atomic E-state index is 0.0183. The molecular formula is C30H28N2O5. The Kier molecular flexibility index (Phi) is 7.33. The zero-order chi connectivity index (χ0) is 25.6. The van der Waals surface area contributed by atoms with Gasteiger partial charge in [-0.15, -0.1) is 0 Å². The molecule has 4 aromatic rings. The number of fused-ring (bicyclic) bond motifs is 1. The first-order valence-corrected chi connectivity index (χ1v) is 12.2. The van der Waals surface area contributed by atoms with Gasteiger partial charge in [-0.2, -0.15) is 0 Å². The number of anilines is 1. The van der Waals surface area contributed by atoms with Gasteiger partial charge in [-0.1, -0.05) is 42.5 Å². The SMILES string of the molecule is COc1ccc(C(=O)N2CCc3oc(-c4cccc(NC(=O)COCc5ccccc5)c4)cc3C2)cc1. The van der Waals surface area contributed by atoms with E-state index < -0.39 is 0 Å². The van der Waals surface area contributed by atoms with Crippen molar-refractivity contribution in [2.75, 3.05) is 25.6 Å². The Hall–Kier alpha value is -4.36. The fourth-order valence-electron chi connectivity index (χ4n) is 4.35. The maximum absolute atomic E-state index is 13.0. The van der Waals surface area contributed by atoms with E-state index in [4.69, 9.17) is 13.9 Å². The molecule has 5 rings (SSSR count). The summed E-state index contributed by atoms with van der Waals surface area (Å²) in [4.78, 5) is 27.2. The molecule has 0 unspecified atom stereocenters. The van der Waals surface area contributed by atoms with Crippen LogP contribution in [0.15, 0.2) is 89.3 Å². The first-order chi connectivity index (χ1) is 18.1. The molecule has 0 atom stereocenters. The van der Waals surface area contributed by atoms with Gasteiger partial charge in [0.05, 0.1) is 13.7 Å². The Morgan fingerprint density at radius 1 is 0.973 bits per heavy atom. The molecule has 7 nitrogen and oxygen atoms in total. The van der Waals surface area contributed by atoms with Crippen LogP contribution in [0.25, 0.3) is 11.3 Å². The number of nitrogens with zero attached hydrogens (tertiary/aromatic N) is 1. The lowest BCUT2D eigenvalue weighted by atomic mass is 10.1. The number of rotatable bonds is 8. The molecule has 37 heavy (non-hydrogen) atoms. The Balaban J connectivity index is 1.21. The molecule has 188 valence electrons. The predicted octanol–water partition coefficient (Wildman–Crippen LogP) is 5.31. The van der Waals surface area contributed by atoms with Crippen molar-refractivity contribution in [3.8, 4) is 17.1 Å². The van der Waals surface area contributed by atoms with E-state index in [9.17, 15) is 9.59 Å². The minimum Gasteiger partial charge on any atom is -0.497 e. The normalized spacial score (nSPS) is 12.6. The Morgan fingerprint density at radius 3 is 2.57 bits per heavy atom. The monoisotopic (exact) mass is 496 g/mol. The van der Waals surface area contributed by atoms with Crippen LogP contribution in [0.3, 0.4) is 0 Å². The van der Waals surface area contributed by atoms with Crippen molar-refractivity contribution in [3.63, 3.8) is 0 Å². The Labute approximate surface area is 215 Å². The summed E-state index contributed by atoms with van der Waals surface area (Å²) in [6.07, 6.45) is 0.645. The average Bonchev–Trinajstić information content (AvgIpc) is 3.37. The molecule has 0 saturated heterocycles. The van der Waals surface area contributed by atoms with Crippen molar-refractivity contribution in [2.45, 2.75) is 19.6 Å². The first kappa shape index (κ1) is 24.3. The Morgan fingerprint density at radius 2 is 1.78 bits per heavy atom. The van der Waals surface area contributed by atoms with Crippen LogP contribution >= 0.6 is 0 Å². The first-order valence-electron chi connectivity index (χ1n) is 12.2. The summed E-state index contributed by atoms with van der Waals surface area (Å²) in [5.74, 6) is 2.07. The van der Waals surface area contributed by atoms with Crippen molar-refractivity contribution < 1.29 is 23.5 Å². The largest absolute Gasteiger partial charge is 0.497 e. The van der Waals surface area contributed by atoms with Crippen LogP contribution in [0, 0.1) is 0 Å². The van der Waals surface area contributed by atoms with Crippen molar-refractivity contribution >= 4 is 17.5 Å². The second-order valence-electron chi connectivity index (χ2n) is 8.87. The minimum atomic E-state index is -0.223. The molecular weight excluding hydrogens is 468 g/mol. The zero-order valence-corrected chi connectivity index (χ0v) is 20.6. The molecule has 0 bridgehead atoms. The Bertz CT molecular complexity index is 1380. The maximum Gasteiger partial charge on any atom is 0.254 e. The number of hydrogen-bond acceptors (Lipinski definition) is 5. The molecule has 0 spiro atoms. The highest BCUT2D eigenvalue weighted by Crippen LogP contribution is 2.31. The van der Waals surface area contributed by atoms with Crippen LogP contribution in [-0.4, -0.2) is 37.0 Å². The molecule has 1 aliphatic heterocycles. The smallest absolute Gasteiger partial charge is 0.254 e. The van der Waals surface area contributed by atoms with E-state index in [1.165, 1.54) is 0 Å². The van der Waals surface area contributed by atoms with Crippen LogP contribution in [0.5, 0.6) is 5.75 Å². The fourth-order valence-corrected chi connectivity index (χ4v) is 4.35. The number of methoxy groups -OCH3 is 1. The maximum atomic E-state index is 13.0. The molecule has 2 amide bonds. The van der Waals surface area contributed by atoms with Crippen molar-refractivity contribution in [1.82, 2.24) is 4.90 Å². The van der Waals surface area contributed by atoms with Gasteiger partial charge in [0.1, 0.15) is 23.9 Å². The van der Waals surface area contributed by atoms with Gasteiger partial charge in [0, 0.05) is 41.9 Å². The van der Waals surface area contributed by atoms with Crippen molar-refractivity contribution in [2.24, 2.45) is 0 Å². The number of ether oxygens (including phenoxy) is 2. The third-order valence-corrected chi connectivity index (χ3v) is 6.27. The highest BCUT2D eigenvalue weighted by atomic mass is 16.5. The van der Waals surface area contributed by atoms with Gasteiger partial charge in [-0.05, 0) is 48.0 Å². The summed E-state index contributed by atoms with van der Waals surface area (Å²) in [6, 6.07) is 26.4. The summed E-state index contributed by atoms with van der Waals surface area (Å²) in [6.45, 7) is 1.42. The number of amides is 2. The average molecular weight is 497 g/mol. The van der Waals surface area contributed by atoms with Crippen molar-refractivity contribution in [3.05, 3.63) is 107 Å². The molecule has 0 fully saturated rings. The zero-order valence-electron chi connectivity index (χ0n) is 20.6. The molecule has 0 radical (unpaired) electrons. The summed E-state index contributed by atoms with van der Waals surface area (Å²) in [5, 5.41) is 2.88. The van der Waals surface area contributed by atoms with Crippen LogP contribution in [0.2, 0.25) is 0 Å². The van der Waals surface area contributed by atoms with Crippen LogP contribution in [0.4, 0.5) is 5.69 Å². The van der Waals surface area contributed by atoms with Gasteiger partial charge in [0.2, 0.25) is 5.91 Å². The second kappa shape index (κ2) is 11.1. The molecule has 0 aliphatic carbocycles. The molecule has 3 aromatic carbocycles. The molecule has 7 heteroatoms. The summed E-state index contributed by atoms with van der Waals surface area (Å²) in [5.41, 5.74) is 4.15. The standard InChI is InChI=1S/C30H28N2O5/c1-35-26-12-10-22(11-13-26)30(34)32-15-14-27-24(18-32)17-28(37-27)23-8-5-9-25(16-23)31-29(33)20-36-19-21-6-3-2-4-7-21/h2-13,16-17H,14-15,18-20H2,1H3,(H,31,33). The predicted molar refractivity (Wildman–Crippen MR) is 140 cm³/mol. The van der Waals surface area contributed by atoms with Crippen LogP contribution in [0.1, 0.15) is 27.2 Å². The highest BCUT2D eigenvalue weighted by molar-refractivity contribution is 5.94. The van der Waals surface area contributed by atoms with Crippen LogP contribution in [-0.2, 0) is 29.1 Å². The topological polar surface area (TPSA) is 81.0 Å². The summed E-state index contributed by atoms with van der Waals surface area (Å²) in [7, 11) is 1.60. The molecule has 2 heterocycles. The summed E-state index contributed by atoms with van der Waals surface area (Å²) < 4.78 is 16.8. The van der Waals surface area contributed by atoms with E-state index >= 15 is 0 Å². The number of benzene rings is 3. The quantitative estimate of drug-likeness (QED) is 0.358. The van der Waals surface area contributed by atoms with E-state index in [-0.39, 0.29) is 18.4 Å². The van der Waals surface area contributed by atoms with Gasteiger partial charge < -0.3 is 24.1 Å². The van der Waals surface area contributed by atoms with E-state index in [2.05, 4.69) is 5.32 Å². The van der Waals surface area contributed by atoms with Gasteiger partial charge in [0.15, 0.2) is 0 Å². The van der Waals surface area contributed by atoms with Gasteiger partial charge in [0.25, 0.3) is 5.91 Å². The number of nitrogens with one attached hydrogen (secondary N) is 1. The second-order valence-corrected chi connectivity index (χ2v) is 8.87. The van der Waals surface area contributed by atoms with Gasteiger partial charge >= 0.3 is 0 Å². The lowest BCUT2D eigenvalue weighted by Crippen LogP contribution is -2.35.